The van der Waals surface area contributed by atoms with Gasteiger partial charge in [-0.15, -0.1) is 0 Å². The summed E-state index contributed by atoms with van der Waals surface area (Å²) in [6, 6.07) is 4.94. The molecule has 1 amide bonds. The third-order valence-corrected chi connectivity index (χ3v) is 7.46. The summed E-state index contributed by atoms with van der Waals surface area (Å²) in [6.07, 6.45) is -2.62. The van der Waals surface area contributed by atoms with E-state index >= 15 is 0 Å². The smallest absolute Gasteiger partial charge is 0.808 e. The Morgan fingerprint density at radius 1 is 1.17 bits per heavy atom. The number of carbonyl (C=O) groups is 1. The SMILES string of the molecule is COc1ccc(C(OC(=O)NC[C@H]2O[C@@H](n3ccc(=O)[nH]c3=O)[C@H](O)[C@@H]2O)P(=O)([O-])[O-])cc1OC1CCCC1.[Na+].[Na+]. The molecule has 4 rings (SSSR count). The number of hydrogen-bond donors (Lipinski definition) is 4. The summed E-state index contributed by atoms with van der Waals surface area (Å²) in [6.45, 7) is -0.487. The van der Waals surface area contributed by atoms with Crippen LogP contribution in [0.15, 0.2) is 40.1 Å². The molecular weight excluding hydrogens is 587 g/mol. The number of alkyl carbamates (subject to hydrolysis) is 1. The Kier molecular flexibility index (Phi) is 13.6. The predicted molar refractivity (Wildman–Crippen MR) is 128 cm³/mol. The maximum absolute atomic E-state index is 12.5. The number of carbonyl (C=O) groups excluding carboxylic acids is 1. The van der Waals surface area contributed by atoms with Crippen LogP contribution in [0, 0.1) is 0 Å². The zero-order valence-corrected chi connectivity index (χ0v) is 27.7. The average Bonchev–Trinajstić information content (AvgIpc) is 3.49. The Bertz CT molecular complexity index is 1350. The quantitative estimate of drug-likeness (QED) is 0.153. The minimum Gasteiger partial charge on any atom is -0.808 e. The van der Waals surface area contributed by atoms with Crippen LogP contribution in [0.2, 0.25) is 0 Å². The molecule has 1 saturated heterocycles. The van der Waals surface area contributed by atoms with Crippen molar-refractivity contribution in [3.05, 3.63) is 56.9 Å². The van der Waals surface area contributed by atoms with Crippen molar-refractivity contribution in [3.63, 3.8) is 0 Å². The number of aromatic nitrogens is 2. The third-order valence-electron chi connectivity index (χ3n) is 6.48. The number of aromatic amines is 1. The van der Waals surface area contributed by atoms with Gasteiger partial charge in [0.25, 0.3) is 5.56 Å². The molecular formula is C23H28N3Na2O12P. The molecule has 1 aliphatic carbocycles. The van der Waals surface area contributed by atoms with Crippen LogP contribution in [0.4, 0.5) is 4.79 Å². The third kappa shape index (κ3) is 8.91. The summed E-state index contributed by atoms with van der Waals surface area (Å²) in [5.41, 5.74) is -1.73. The van der Waals surface area contributed by atoms with Crippen molar-refractivity contribution in [3.8, 4) is 11.5 Å². The first-order chi connectivity index (χ1) is 18.5. The molecule has 2 aromatic rings. The Labute approximate surface area is 278 Å². The number of methoxy groups -OCH3 is 1. The minimum absolute atomic E-state index is 0. The zero-order valence-electron chi connectivity index (χ0n) is 22.8. The maximum atomic E-state index is 12.5. The summed E-state index contributed by atoms with van der Waals surface area (Å²) in [5, 5.41) is 22.8. The molecule has 0 bridgehead atoms. The molecule has 1 unspecified atom stereocenters. The number of ether oxygens (including phenoxy) is 4. The van der Waals surface area contributed by atoms with Gasteiger partial charge in [0.1, 0.15) is 18.3 Å². The van der Waals surface area contributed by atoms with Crippen molar-refractivity contribution in [1.29, 1.82) is 0 Å². The summed E-state index contributed by atoms with van der Waals surface area (Å²) < 4.78 is 34.5. The van der Waals surface area contributed by atoms with Crippen LogP contribution >= 0.6 is 7.60 Å². The summed E-state index contributed by atoms with van der Waals surface area (Å²) in [5.74, 6) is -1.70. The van der Waals surface area contributed by atoms with Crippen LogP contribution in [0.3, 0.4) is 0 Å². The molecule has 41 heavy (non-hydrogen) atoms. The molecule has 2 aliphatic rings. The Balaban J connectivity index is 0.00000294. The largest absolute Gasteiger partial charge is 1.00 e. The van der Waals surface area contributed by atoms with Gasteiger partial charge >= 0.3 is 70.9 Å². The van der Waals surface area contributed by atoms with Crippen LogP contribution in [0.5, 0.6) is 11.5 Å². The standard InChI is InChI=1S/C23H30N3O12P.2Na/c1-35-14-7-6-12(10-15(14)36-13-4-2-3-5-13)21(39(32,33)34)38-23(31)24-11-16-18(28)19(29)20(37-16)26-9-8-17(27)25-22(26)30;;/h6-10,13,16,18-21,28-29H,2-5,11H2,1H3,(H,24,31)(H,25,27,30)(H2,32,33,34);;/q;2*+1/p-2/t16-,18-,19-,20-,21?;;/m1../s1. The van der Waals surface area contributed by atoms with Crippen molar-refractivity contribution in [2.75, 3.05) is 13.7 Å². The van der Waals surface area contributed by atoms with Gasteiger partial charge in [0.05, 0.1) is 13.2 Å². The van der Waals surface area contributed by atoms with E-state index in [1.807, 2.05) is 4.98 Å². The van der Waals surface area contributed by atoms with E-state index in [0.29, 0.717) is 5.75 Å². The van der Waals surface area contributed by atoms with E-state index in [2.05, 4.69) is 5.32 Å². The van der Waals surface area contributed by atoms with Crippen molar-refractivity contribution in [2.45, 2.75) is 62.2 Å². The van der Waals surface area contributed by atoms with Crippen LogP contribution in [0.1, 0.15) is 43.3 Å². The fourth-order valence-corrected chi connectivity index (χ4v) is 5.27. The van der Waals surface area contributed by atoms with Crippen molar-refractivity contribution >= 4 is 13.7 Å². The van der Waals surface area contributed by atoms with E-state index in [0.717, 1.165) is 42.5 Å². The number of amides is 1. The number of nitrogens with zero attached hydrogens (tertiary/aromatic N) is 1. The predicted octanol–water partition coefficient (Wildman–Crippen LogP) is -7.17. The molecule has 5 atom stereocenters. The van der Waals surface area contributed by atoms with E-state index in [1.165, 1.54) is 25.3 Å². The molecule has 0 radical (unpaired) electrons. The average molecular weight is 615 g/mol. The van der Waals surface area contributed by atoms with Crippen molar-refractivity contribution in [2.24, 2.45) is 0 Å². The first-order valence-corrected chi connectivity index (χ1v) is 13.7. The van der Waals surface area contributed by atoms with E-state index in [1.54, 1.807) is 0 Å². The van der Waals surface area contributed by atoms with E-state index in [-0.39, 0.29) is 76.5 Å². The van der Waals surface area contributed by atoms with Crippen LogP contribution < -0.4 is 94.9 Å². The second kappa shape index (κ2) is 15.5. The maximum Gasteiger partial charge on any atom is 1.00 e. The normalized spacial score (nSPS) is 23.1. The fourth-order valence-electron chi connectivity index (χ4n) is 4.52. The second-order valence-electron chi connectivity index (χ2n) is 9.18. The summed E-state index contributed by atoms with van der Waals surface area (Å²) >= 11 is 0. The first kappa shape index (κ1) is 36.0. The number of benzene rings is 1. The van der Waals surface area contributed by atoms with Crippen LogP contribution in [0.25, 0.3) is 0 Å². The molecule has 1 aromatic heterocycles. The summed E-state index contributed by atoms with van der Waals surface area (Å²) in [4.78, 5) is 61.8. The Morgan fingerprint density at radius 3 is 2.46 bits per heavy atom. The number of nitrogens with one attached hydrogen (secondary N) is 2. The van der Waals surface area contributed by atoms with E-state index in [4.69, 9.17) is 18.9 Å². The molecule has 2 fully saturated rings. The van der Waals surface area contributed by atoms with Gasteiger partial charge in [0.15, 0.2) is 23.6 Å². The molecule has 4 N–H and O–H groups in total. The number of aliphatic hydroxyl groups is 2. The van der Waals surface area contributed by atoms with Crippen LogP contribution in [-0.2, 0) is 14.0 Å². The number of rotatable bonds is 9. The van der Waals surface area contributed by atoms with Gasteiger partial charge in [-0.1, -0.05) is 6.07 Å². The molecule has 2 heterocycles. The van der Waals surface area contributed by atoms with Crippen molar-refractivity contribution < 1.29 is 107 Å². The molecule has 15 nitrogen and oxygen atoms in total. The molecule has 0 spiro atoms. The van der Waals surface area contributed by atoms with Crippen molar-refractivity contribution in [1.82, 2.24) is 14.9 Å². The topological polar surface area (TPSA) is 225 Å². The summed E-state index contributed by atoms with van der Waals surface area (Å²) in [7, 11) is -4.13. The number of H-pyrrole nitrogens is 1. The Morgan fingerprint density at radius 2 is 1.85 bits per heavy atom. The van der Waals surface area contributed by atoms with Gasteiger partial charge < -0.3 is 48.8 Å². The van der Waals surface area contributed by atoms with Gasteiger partial charge in [0.2, 0.25) is 0 Å². The first-order valence-electron chi connectivity index (χ1n) is 12.1. The van der Waals surface area contributed by atoms with Gasteiger partial charge in [-0.2, -0.15) is 0 Å². The molecule has 214 valence electrons. The minimum atomic E-state index is -5.53. The number of aliphatic hydroxyl groups excluding tert-OH is 2. The molecule has 1 aliphatic heterocycles. The zero-order chi connectivity index (χ0) is 28.3. The second-order valence-corrected chi connectivity index (χ2v) is 10.7. The van der Waals surface area contributed by atoms with Gasteiger partial charge in [-0.05, 0) is 45.4 Å². The number of hydrogen-bond acceptors (Lipinski definition) is 12. The van der Waals surface area contributed by atoms with E-state index < -0.39 is 61.9 Å². The molecule has 1 aromatic carbocycles. The molecule has 18 heteroatoms. The fraction of sp³-hybridized carbons (Fsp3) is 0.522. The van der Waals surface area contributed by atoms with Gasteiger partial charge in [0, 0.05) is 24.4 Å². The molecule has 1 saturated carbocycles. The van der Waals surface area contributed by atoms with Gasteiger partial charge in [-0.25, -0.2) is 9.59 Å². The monoisotopic (exact) mass is 615 g/mol. The van der Waals surface area contributed by atoms with E-state index in [9.17, 15) is 38.9 Å². The Hall–Kier alpha value is -1.20. The van der Waals surface area contributed by atoms with Crippen LogP contribution in [-0.4, -0.2) is 63.9 Å². The van der Waals surface area contributed by atoms with Gasteiger partial charge in [-0.3, -0.25) is 14.3 Å².